The number of ether oxygens (including phenoxy) is 1. The van der Waals surface area contributed by atoms with Crippen molar-refractivity contribution in [2.45, 2.75) is 45.2 Å². The molecule has 1 aliphatic rings. The second-order valence-electron chi connectivity index (χ2n) is 4.50. The van der Waals surface area contributed by atoms with Gasteiger partial charge in [0.15, 0.2) is 0 Å². The molecule has 1 aliphatic heterocycles. The van der Waals surface area contributed by atoms with Crippen LogP contribution in [0.3, 0.4) is 0 Å². The molecule has 0 radical (unpaired) electrons. The van der Waals surface area contributed by atoms with Crippen molar-refractivity contribution < 1.29 is 14.3 Å². The molecule has 2 unspecified atom stereocenters. The molecule has 0 aromatic carbocycles. The Kier molecular flexibility index (Phi) is 5.41. The quantitative estimate of drug-likeness (QED) is 0.691. The summed E-state index contributed by atoms with van der Waals surface area (Å²) in [6.07, 6.45) is 2.28. The van der Waals surface area contributed by atoms with Gasteiger partial charge >= 0.3 is 5.97 Å². The number of esters is 1. The van der Waals surface area contributed by atoms with Gasteiger partial charge in [0.05, 0.1) is 7.11 Å². The SMILES string of the molecule is CCC(NC(C)CN1CCCC1=O)C(=O)OC. The molecule has 1 saturated heterocycles. The van der Waals surface area contributed by atoms with Crippen molar-refractivity contribution in [2.75, 3.05) is 20.2 Å². The van der Waals surface area contributed by atoms with E-state index in [9.17, 15) is 9.59 Å². The van der Waals surface area contributed by atoms with E-state index in [1.165, 1.54) is 7.11 Å². The summed E-state index contributed by atoms with van der Waals surface area (Å²) >= 11 is 0. The highest BCUT2D eigenvalue weighted by molar-refractivity contribution is 5.78. The maximum absolute atomic E-state index is 11.5. The van der Waals surface area contributed by atoms with Crippen molar-refractivity contribution in [3.8, 4) is 0 Å². The molecule has 0 aromatic heterocycles. The molecule has 0 aromatic rings. The Hall–Kier alpha value is -1.10. The van der Waals surface area contributed by atoms with E-state index in [4.69, 9.17) is 4.74 Å². The van der Waals surface area contributed by atoms with Crippen LogP contribution < -0.4 is 5.32 Å². The highest BCUT2D eigenvalue weighted by Crippen LogP contribution is 2.10. The predicted octanol–water partition coefficient (Wildman–Crippen LogP) is 0.538. The zero-order chi connectivity index (χ0) is 12.8. The van der Waals surface area contributed by atoms with E-state index >= 15 is 0 Å². The van der Waals surface area contributed by atoms with Gasteiger partial charge in [0.2, 0.25) is 5.91 Å². The fraction of sp³-hybridized carbons (Fsp3) is 0.833. The highest BCUT2D eigenvalue weighted by Gasteiger charge is 2.24. The van der Waals surface area contributed by atoms with Crippen molar-refractivity contribution in [3.63, 3.8) is 0 Å². The molecular weight excluding hydrogens is 220 g/mol. The zero-order valence-electron chi connectivity index (χ0n) is 10.9. The van der Waals surface area contributed by atoms with Crippen LogP contribution in [0, 0.1) is 0 Å². The van der Waals surface area contributed by atoms with Crippen LogP contribution in [0.15, 0.2) is 0 Å². The lowest BCUT2D eigenvalue weighted by atomic mass is 10.2. The number of hydrogen-bond acceptors (Lipinski definition) is 4. The third kappa shape index (κ3) is 4.00. The minimum Gasteiger partial charge on any atom is -0.468 e. The van der Waals surface area contributed by atoms with E-state index in [1.54, 1.807) is 0 Å². The Morgan fingerprint density at radius 2 is 2.29 bits per heavy atom. The normalized spacial score (nSPS) is 19.2. The molecule has 98 valence electrons. The first kappa shape index (κ1) is 14.0. The van der Waals surface area contributed by atoms with E-state index in [1.807, 2.05) is 18.7 Å². The average Bonchev–Trinajstić information content (AvgIpc) is 2.71. The van der Waals surface area contributed by atoms with E-state index in [2.05, 4.69) is 5.32 Å². The number of amides is 1. The first-order chi connectivity index (χ1) is 8.08. The Labute approximate surface area is 102 Å². The smallest absolute Gasteiger partial charge is 0.322 e. The highest BCUT2D eigenvalue weighted by atomic mass is 16.5. The number of likely N-dealkylation sites (tertiary alicyclic amines) is 1. The van der Waals surface area contributed by atoms with Gasteiger partial charge in [0.1, 0.15) is 6.04 Å². The van der Waals surface area contributed by atoms with Crippen LogP contribution in [0.1, 0.15) is 33.1 Å². The Morgan fingerprint density at radius 3 is 2.76 bits per heavy atom. The van der Waals surface area contributed by atoms with Crippen molar-refractivity contribution >= 4 is 11.9 Å². The molecule has 0 aliphatic carbocycles. The lowest BCUT2D eigenvalue weighted by molar-refractivity contribution is -0.143. The molecule has 17 heavy (non-hydrogen) atoms. The van der Waals surface area contributed by atoms with E-state index in [0.717, 1.165) is 13.0 Å². The summed E-state index contributed by atoms with van der Waals surface area (Å²) in [7, 11) is 1.39. The van der Waals surface area contributed by atoms with Gasteiger partial charge in [-0.25, -0.2) is 0 Å². The maximum Gasteiger partial charge on any atom is 0.322 e. The molecule has 5 heteroatoms. The molecule has 1 fully saturated rings. The van der Waals surface area contributed by atoms with Crippen LogP contribution >= 0.6 is 0 Å². The standard InChI is InChI=1S/C12H22N2O3/c1-4-10(12(16)17-3)13-9(2)8-14-7-5-6-11(14)15/h9-10,13H,4-8H2,1-3H3. The van der Waals surface area contributed by atoms with Crippen LogP contribution in [0.2, 0.25) is 0 Å². The van der Waals surface area contributed by atoms with Gasteiger partial charge in [-0.3, -0.25) is 9.59 Å². The minimum absolute atomic E-state index is 0.0982. The number of nitrogens with zero attached hydrogens (tertiary/aromatic N) is 1. The van der Waals surface area contributed by atoms with E-state index < -0.39 is 0 Å². The van der Waals surface area contributed by atoms with Crippen LogP contribution in [-0.2, 0) is 14.3 Å². The third-order valence-corrected chi connectivity index (χ3v) is 3.05. The van der Waals surface area contributed by atoms with Gasteiger partial charge in [0, 0.05) is 25.6 Å². The summed E-state index contributed by atoms with van der Waals surface area (Å²) in [5.74, 6) is -0.0307. The average molecular weight is 242 g/mol. The number of nitrogens with one attached hydrogen (secondary N) is 1. The van der Waals surface area contributed by atoms with Gasteiger partial charge in [-0.05, 0) is 19.8 Å². The van der Waals surface area contributed by atoms with E-state index in [0.29, 0.717) is 19.4 Å². The molecular formula is C12H22N2O3. The fourth-order valence-electron chi connectivity index (χ4n) is 2.12. The largest absolute Gasteiger partial charge is 0.468 e. The number of rotatable bonds is 6. The summed E-state index contributed by atoms with van der Waals surface area (Å²) in [5, 5.41) is 3.20. The Morgan fingerprint density at radius 1 is 1.59 bits per heavy atom. The van der Waals surface area contributed by atoms with Crippen molar-refractivity contribution in [2.24, 2.45) is 0 Å². The van der Waals surface area contributed by atoms with Crippen LogP contribution in [0.4, 0.5) is 0 Å². The van der Waals surface area contributed by atoms with Gasteiger partial charge < -0.3 is 15.0 Å². The minimum atomic E-state index is -0.285. The molecule has 0 bridgehead atoms. The summed E-state index contributed by atoms with van der Waals surface area (Å²) < 4.78 is 4.71. The van der Waals surface area contributed by atoms with Crippen molar-refractivity contribution in [1.82, 2.24) is 10.2 Å². The van der Waals surface area contributed by atoms with Crippen molar-refractivity contribution in [1.29, 1.82) is 0 Å². The lowest BCUT2D eigenvalue weighted by Gasteiger charge is -2.24. The van der Waals surface area contributed by atoms with Crippen molar-refractivity contribution in [3.05, 3.63) is 0 Å². The Bertz CT molecular complexity index is 281. The molecule has 0 saturated carbocycles. The molecule has 1 amide bonds. The maximum atomic E-state index is 11.5. The van der Waals surface area contributed by atoms with Gasteiger partial charge in [-0.2, -0.15) is 0 Å². The fourth-order valence-corrected chi connectivity index (χ4v) is 2.12. The zero-order valence-corrected chi connectivity index (χ0v) is 10.9. The summed E-state index contributed by atoms with van der Waals surface area (Å²) in [5.41, 5.74) is 0. The number of carbonyl (C=O) groups is 2. The van der Waals surface area contributed by atoms with Gasteiger partial charge in [0.25, 0.3) is 0 Å². The molecule has 1 heterocycles. The molecule has 1 rings (SSSR count). The summed E-state index contributed by atoms with van der Waals surface area (Å²) in [6.45, 7) is 5.41. The second kappa shape index (κ2) is 6.59. The lowest BCUT2D eigenvalue weighted by Crippen LogP contribution is -2.47. The topological polar surface area (TPSA) is 58.6 Å². The van der Waals surface area contributed by atoms with Gasteiger partial charge in [-0.15, -0.1) is 0 Å². The first-order valence-electron chi connectivity index (χ1n) is 6.20. The molecule has 2 atom stereocenters. The number of methoxy groups -OCH3 is 1. The Balaban J connectivity index is 2.39. The monoisotopic (exact) mass is 242 g/mol. The summed E-state index contributed by atoms with van der Waals surface area (Å²) in [6, 6.07) is -0.186. The second-order valence-corrected chi connectivity index (χ2v) is 4.50. The van der Waals surface area contributed by atoms with E-state index in [-0.39, 0.29) is 24.0 Å². The number of hydrogen-bond donors (Lipinski definition) is 1. The molecule has 0 spiro atoms. The van der Waals surface area contributed by atoms with Gasteiger partial charge in [-0.1, -0.05) is 6.92 Å². The van der Waals surface area contributed by atoms with Crippen LogP contribution in [-0.4, -0.2) is 49.1 Å². The van der Waals surface area contributed by atoms with Crippen LogP contribution in [0.25, 0.3) is 0 Å². The molecule has 5 nitrogen and oxygen atoms in total. The predicted molar refractivity (Wildman–Crippen MR) is 64.5 cm³/mol. The van der Waals surface area contributed by atoms with Crippen LogP contribution in [0.5, 0.6) is 0 Å². The summed E-state index contributed by atoms with van der Waals surface area (Å²) in [4.78, 5) is 24.7. The molecule has 1 N–H and O–H groups in total. The number of carbonyl (C=O) groups excluding carboxylic acids is 2. The first-order valence-corrected chi connectivity index (χ1v) is 6.20. The third-order valence-electron chi connectivity index (χ3n) is 3.05.